The number of carbonyl (C=O) groups is 1. The van der Waals surface area contributed by atoms with E-state index in [0.717, 1.165) is 23.7 Å². The maximum Gasteiger partial charge on any atom is 0.226 e. The number of nitrogens with one attached hydrogen (secondary N) is 1. The Kier molecular flexibility index (Phi) is 3.95. The van der Waals surface area contributed by atoms with Crippen LogP contribution in [0.4, 0.5) is 5.82 Å². The van der Waals surface area contributed by atoms with Crippen LogP contribution in [0, 0.1) is 0 Å². The van der Waals surface area contributed by atoms with Crippen LogP contribution in [0.2, 0.25) is 0 Å². The SMILES string of the molecule is CSCCC1CC(=O)Nc2c1c(C(C)(C)C)nn2C. The number of amides is 1. The molecule has 1 amide bonds. The van der Waals surface area contributed by atoms with E-state index in [-0.39, 0.29) is 11.3 Å². The molecule has 0 spiro atoms. The Labute approximate surface area is 119 Å². The van der Waals surface area contributed by atoms with Crippen molar-refractivity contribution in [1.82, 2.24) is 9.78 Å². The Morgan fingerprint density at radius 1 is 1.47 bits per heavy atom. The largest absolute Gasteiger partial charge is 0.311 e. The predicted molar refractivity (Wildman–Crippen MR) is 80.9 cm³/mol. The fraction of sp³-hybridized carbons (Fsp3) is 0.714. The quantitative estimate of drug-likeness (QED) is 0.926. The average Bonchev–Trinajstić information content (AvgIpc) is 2.64. The first-order chi connectivity index (χ1) is 8.84. The topological polar surface area (TPSA) is 46.9 Å². The van der Waals surface area contributed by atoms with Gasteiger partial charge in [0, 0.05) is 24.4 Å². The number of fused-ring (bicyclic) bond motifs is 1. The van der Waals surface area contributed by atoms with Gasteiger partial charge in [0.05, 0.1) is 5.69 Å². The number of carbonyl (C=O) groups excluding carboxylic acids is 1. The third-order valence-electron chi connectivity index (χ3n) is 3.56. The van der Waals surface area contributed by atoms with Crippen LogP contribution < -0.4 is 5.32 Å². The molecule has 1 aromatic rings. The zero-order valence-corrected chi connectivity index (χ0v) is 13.2. The lowest BCUT2D eigenvalue weighted by atomic mass is 9.81. The molecule has 4 nitrogen and oxygen atoms in total. The molecule has 2 heterocycles. The summed E-state index contributed by atoms with van der Waals surface area (Å²) in [5, 5.41) is 7.63. The van der Waals surface area contributed by atoms with E-state index < -0.39 is 0 Å². The summed E-state index contributed by atoms with van der Waals surface area (Å²) < 4.78 is 1.82. The highest BCUT2D eigenvalue weighted by atomic mass is 32.2. The van der Waals surface area contributed by atoms with Crippen LogP contribution in [0.3, 0.4) is 0 Å². The molecule has 0 saturated heterocycles. The van der Waals surface area contributed by atoms with Crippen molar-refractivity contribution in [3.05, 3.63) is 11.3 Å². The van der Waals surface area contributed by atoms with E-state index in [2.05, 4.69) is 37.4 Å². The zero-order valence-electron chi connectivity index (χ0n) is 12.4. The van der Waals surface area contributed by atoms with Gasteiger partial charge >= 0.3 is 0 Å². The van der Waals surface area contributed by atoms with Gasteiger partial charge in [-0.2, -0.15) is 16.9 Å². The number of nitrogens with zero attached hydrogens (tertiary/aromatic N) is 2. The summed E-state index contributed by atoms with van der Waals surface area (Å²) in [6, 6.07) is 0. The molecule has 0 saturated carbocycles. The number of anilines is 1. The van der Waals surface area contributed by atoms with Crippen LogP contribution >= 0.6 is 11.8 Å². The molecule has 0 aliphatic carbocycles. The van der Waals surface area contributed by atoms with E-state index in [4.69, 9.17) is 0 Å². The van der Waals surface area contributed by atoms with Crippen LogP contribution in [-0.2, 0) is 17.3 Å². The number of rotatable bonds is 3. The molecule has 2 rings (SSSR count). The Hall–Kier alpha value is -0.970. The van der Waals surface area contributed by atoms with Crippen molar-refractivity contribution in [3.63, 3.8) is 0 Å². The molecule has 0 radical (unpaired) electrons. The number of aryl methyl sites for hydroxylation is 1. The molecule has 1 aliphatic rings. The van der Waals surface area contributed by atoms with Gasteiger partial charge in [0.2, 0.25) is 5.91 Å². The summed E-state index contributed by atoms with van der Waals surface area (Å²) in [6.07, 6.45) is 3.73. The molecule has 0 aromatic carbocycles. The molecule has 1 N–H and O–H groups in total. The summed E-state index contributed by atoms with van der Waals surface area (Å²) in [7, 11) is 1.91. The third-order valence-corrected chi connectivity index (χ3v) is 4.21. The molecule has 1 aromatic heterocycles. The molecule has 106 valence electrons. The van der Waals surface area contributed by atoms with Gasteiger partial charge < -0.3 is 5.32 Å². The number of hydrogen-bond donors (Lipinski definition) is 1. The van der Waals surface area contributed by atoms with Crippen molar-refractivity contribution in [2.24, 2.45) is 7.05 Å². The number of hydrogen-bond acceptors (Lipinski definition) is 3. The first kappa shape index (κ1) is 14.4. The Bertz CT molecular complexity index is 488. The highest BCUT2D eigenvalue weighted by Crippen LogP contribution is 2.41. The molecule has 1 unspecified atom stereocenters. The van der Waals surface area contributed by atoms with Gasteiger partial charge in [-0.25, -0.2) is 0 Å². The smallest absolute Gasteiger partial charge is 0.226 e. The van der Waals surface area contributed by atoms with Gasteiger partial charge in [0.1, 0.15) is 5.82 Å². The van der Waals surface area contributed by atoms with Crippen molar-refractivity contribution in [2.45, 2.75) is 44.9 Å². The summed E-state index contributed by atoms with van der Waals surface area (Å²) in [4.78, 5) is 11.9. The van der Waals surface area contributed by atoms with E-state index in [1.54, 1.807) is 0 Å². The molecule has 5 heteroatoms. The Morgan fingerprint density at radius 2 is 2.16 bits per heavy atom. The highest BCUT2D eigenvalue weighted by Gasteiger charge is 2.35. The molecule has 0 bridgehead atoms. The third kappa shape index (κ3) is 2.81. The van der Waals surface area contributed by atoms with E-state index in [9.17, 15) is 4.79 Å². The molecule has 0 fully saturated rings. The normalized spacial score (nSPS) is 19.2. The highest BCUT2D eigenvalue weighted by molar-refractivity contribution is 7.98. The van der Waals surface area contributed by atoms with Crippen molar-refractivity contribution >= 4 is 23.5 Å². The monoisotopic (exact) mass is 281 g/mol. The second kappa shape index (κ2) is 5.19. The minimum absolute atomic E-state index is 0.00498. The van der Waals surface area contributed by atoms with Crippen LogP contribution in [0.15, 0.2) is 0 Å². The molecule has 19 heavy (non-hydrogen) atoms. The maximum absolute atomic E-state index is 11.9. The van der Waals surface area contributed by atoms with Crippen molar-refractivity contribution < 1.29 is 4.79 Å². The molecular formula is C14H23N3OS. The number of thioether (sulfide) groups is 1. The van der Waals surface area contributed by atoms with E-state index in [1.165, 1.54) is 5.56 Å². The first-order valence-corrected chi connectivity index (χ1v) is 8.10. The van der Waals surface area contributed by atoms with Crippen LogP contribution in [0.1, 0.15) is 50.8 Å². The van der Waals surface area contributed by atoms with E-state index in [1.807, 2.05) is 23.5 Å². The second-order valence-corrected chi connectivity index (χ2v) is 7.20. The van der Waals surface area contributed by atoms with E-state index in [0.29, 0.717) is 12.3 Å². The van der Waals surface area contributed by atoms with Gasteiger partial charge in [-0.05, 0) is 24.3 Å². The lowest BCUT2D eigenvalue weighted by Crippen LogP contribution is -2.26. The summed E-state index contributed by atoms with van der Waals surface area (Å²) in [5.41, 5.74) is 2.38. The van der Waals surface area contributed by atoms with Crippen molar-refractivity contribution in [2.75, 3.05) is 17.3 Å². The maximum atomic E-state index is 11.9. The van der Waals surface area contributed by atoms with Crippen LogP contribution in [0.25, 0.3) is 0 Å². The molecule has 1 aliphatic heterocycles. The van der Waals surface area contributed by atoms with Crippen LogP contribution in [0.5, 0.6) is 0 Å². The second-order valence-electron chi connectivity index (χ2n) is 6.22. The fourth-order valence-electron chi connectivity index (χ4n) is 2.64. The average molecular weight is 281 g/mol. The summed E-state index contributed by atoms with van der Waals surface area (Å²) in [5.74, 6) is 2.39. The lowest BCUT2D eigenvalue weighted by molar-refractivity contribution is -0.116. The summed E-state index contributed by atoms with van der Waals surface area (Å²) >= 11 is 1.83. The van der Waals surface area contributed by atoms with Gasteiger partial charge in [0.25, 0.3) is 0 Å². The fourth-order valence-corrected chi connectivity index (χ4v) is 3.16. The molecular weight excluding hydrogens is 258 g/mol. The lowest BCUT2D eigenvalue weighted by Gasteiger charge is -2.26. The van der Waals surface area contributed by atoms with Gasteiger partial charge in [-0.15, -0.1) is 0 Å². The zero-order chi connectivity index (χ0) is 14.2. The predicted octanol–water partition coefficient (Wildman–Crippen LogP) is 2.90. The standard InChI is InChI=1S/C14H23N3OS/c1-14(2,3)12-11-9(6-7-19-5)8-10(18)15-13(11)17(4)16-12/h9H,6-8H2,1-5H3,(H,15,18). The van der Waals surface area contributed by atoms with Crippen molar-refractivity contribution in [1.29, 1.82) is 0 Å². The summed E-state index contributed by atoms with van der Waals surface area (Å²) in [6.45, 7) is 6.53. The van der Waals surface area contributed by atoms with Gasteiger partial charge in [0.15, 0.2) is 0 Å². The van der Waals surface area contributed by atoms with Crippen LogP contribution in [-0.4, -0.2) is 27.7 Å². The first-order valence-electron chi connectivity index (χ1n) is 6.70. The van der Waals surface area contributed by atoms with Crippen molar-refractivity contribution in [3.8, 4) is 0 Å². The number of aromatic nitrogens is 2. The Morgan fingerprint density at radius 3 is 2.74 bits per heavy atom. The minimum Gasteiger partial charge on any atom is -0.311 e. The Balaban J connectivity index is 2.47. The minimum atomic E-state index is 0.00498. The molecule has 1 atom stereocenters. The van der Waals surface area contributed by atoms with Gasteiger partial charge in [-0.3, -0.25) is 9.48 Å². The van der Waals surface area contributed by atoms with Gasteiger partial charge in [-0.1, -0.05) is 20.8 Å². The van der Waals surface area contributed by atoms with E-state index >= 15 is 0 Å².